The summed E-state index contributed by atoms with van der Waals surface area (Å²) >= 11 is 0. The molecule has 0 saturated carbocycles. The van der Waals surface area contributed by atoms with Crippen LogP contribution in [0.25, 0.3) is 0 Å². The monoisotopic (exact) mass is 364 g/mol. The Morgan fingerprint density at radius 1 is 0.923 bits per heavy atom. The Bertz CT molecular complexity index is 616. The summed E-state index contributed by atoms with van der Waals surface area (Å²) in [7, 11) is 0. The predicted octanol–water partition coefficient (Wildman–Crippen LogP) is 4.49. The molecule has 0 aliphatic carbocycles. The summed E-state index contributed by atoms with van der Waals surface area (Å²) < 4.78 is 15.6. The van der Waals surface area contributed by atoms with Crippen LogP contribution in [0.4, 0.5) is 0 Å². The SMILES string of the molecule is [3H]C(/C=C/[C@@H](O)C/C=C\CC)=C([3H])/C=C/[C@@H](O)C/C=C\C/C=C\CCC(=O)O. The van der Waals surface area contributed by atoms with Crippen molar-refractivity contribution in [2.45, 2.75) is 57.7 Å². The Balaban J connectivity index is 4.30. The molecule has 0 unspecified atom stereocenters. The van der Waals surface area contributed by atoms with Crippen LogP contribution in [0, 0.1) is 0 Å². The Morgan fingerprint density at radius 2 is 1.46 bits per heavy atom. The molecule has 0 fully saturated rings. The molecule has 0 amide bonds. The third-order valence-corrected chi connectivity index (χ3v) is 3.17. The fraction of sp³-hybridized carbons (Fsp3) is 0.409. The van der Waals surface area contributed by atoms with Crippen LogP contribution < -0.4 is 0 Å². The zero-order valence-electron chi connectivity index (χ0n) is 17.4. The number of aliphatic hydroxyl groups is 2. The molecular formula is C22H32O4. The third-order valence-electron chi connectivity index (χ3n) is 3.17. The summed E-state index contributed by atoms with van der Waals surface area (Å²) in [6, 6.07) is -0.0824. The second kappa shape index (κ2) is 17.6. The summed E-state index contributed by atoms with van der Waals surface area (Å²) in [5, 5.41) is 28.1. The van der Waals surface area contributed by atoms with Crippen LogP contribution in [0.2, 0.25) is 0 Å². The van der Waals surface area contributed by atoms with Gasteiger partial charge in [0.1, 0.15) is 0 Å². The van der Waals surface area contributed by atoms with Crippen LogP contribution in [0.15, 0.2) is 72.9 Å². The van der Waals surface area contributed by atoms with Gasteiger partial charge in [0.15, 0.2) is 0 Å². The van der Waals surface area contributed by atoms with Gasteiger partial charge in [-0.2, -0.15) is 0 Å². The van der Waals surface area contributed by atoms with E-state index in [-0.39, 0.29) is 18.5 Å². The molecule has 0 rings (SSSR count). The molecule has 4 nitrogen and oxygen atoms in total. The Kier molecular flexibility index (Phi) is 13.7. The molecule has 0 aromatic rings. The topological polar surface area (TPSA) is 77.8 Å². The lowest BCUT2D eigenvalue weighted by Gasteiger charge is -1.99. The first-order chi connectivity index (χ1) is 13.4. The second-order valence-electron chi connectivity index (χ2n) is 5.60. The first-order valence-corrected chi connectivity index (χ1v) is 8.93. The molecule has 3 N–H and O–H groups in total. The van der Waals surface area contributed by atoms with Gasteiger partial charge >= 0.3 is 5.97 Å². The number of aliphatic carboxylic acids is 1. The second-order valence-corrected chi connectivity index (χ2v) is 5.60. The number of hydrogen-bond donors (Lipinski definition) is 3. The minimum Gasteiger partial charge on any atom is -0.481 e. The number of allylic oxidation sites excluding steroid dienone is 8. The molecule has 26 heavy (non-hydrogen) atoms. The number of carboxylic acid groups (broad SMARTS) is 1. The molecule has 0 spiro atoms. The Labute approximate surface area is 160 Å². The largest absolute Gasteiger partial charge is 0.481 e. The molecule has 144 valence electrons. The minimum absolute atomic E-state index is 0.0380. The van der Waals surface area contributed by atoms with Gasteiger partial charge in [0.2, 0.25) is 0 Å². The van der Waals surface area contributed by atoms with E-state index in [4.69, 9.17) is 7.85 Å². The summed E-state index contributed by atoms with van der Waals surface area (Å²) in [5.41, 5.74) is 0. The van der Waals surface area contributed by atoms with E-state index in [0.717, 1.165) is 6.42 Å². The van der Waals surface area contributed by atoms with Gasteiger partial charge in [-0.15, -0.1) is 0 Å². The van der Waals surface area contributed by atoms with E-state index >= 15 is 0 Å². The van der Waals surface area contributed by atoms with Gasteiger partial charge in [0, 0.05) is 6.42 Å². The molecule has 0 aliphatic heterocycles. The summed E-state index contributed by atoms with van der Waals surface area (Å²) in [5.74, 6) is -0.815. The van der Waals surface area contributed by atoms with Crippen LogP contribution in [-0.2, 0) is 4.79 Å². The van der Waals surface area contributed by atoms with Crippen molar-refractivity contribution >= 4 is 5.97 Å². The van der Waals surface area contributed by atoms with E-state index < -0.39 is 18.2 Å². The number of carbonyl (C=O) groups is 1. The lowest BCUT2D eigenvalue weighted by molar-refractivity contribution is -0.136. The van der Waals surface area contributed by atoms with E-state index in [1.54, 1.807) is 0 Å². The van der Waals surface area contributed by atoms with Crippen molar-refractivity contribution in [3.63, 3.8) is 0 Å². The first-order valence-electron chi connectivity index (χ1n) is 9.93. The molecule has 0 bridgehead atoms. The maximum atomic E-state index is 10.3. The highest BCUT2D eigenvalue weighted by atomic mass is 16.4. The molecule has 4 heteroatoms. The summed E-state index contributed by atoms with van der Waals surface area (Å²) in [6.07, 6.45) is 18.5. The molecule has 0 radical (unpaired) electrons. The van der Waals surface area contributed by atoms with Crippen molar-refractivity contribution in [2.24, 2.45) is 0 Å². The zero-order valence-corrected chi connectivity index (χ0v) is 15.4. The van der Waals surface area contributed by atoms with Gasteiger partial charge in [-0.1, -0.05) is 79.8 Å². The highest BCUT2D eigenvalue weighted by Gasteiger charge is 1.94. The Morgan fingerprint density at radius 3 is 2.00 bits per heavy atom. The normalized spacial score (nSPS) is 17.3. The molecule has 0 aromatic carbocycles. The van der Waals surface area contributed by atoms with Crippen LogP contribution in [0.1, 0.15) is 48.2 Å². The molecular weight excluding hydrogens is 328 g/mol. The van der Waals surface area contributed by atoms with Crippen molar-refractivity contribution in [3.8, 4) is 0 Å². The molecule has 0 heterocycles. The summed E-state index contributed by atoms with van der Waals surface area (Å²) in [4.78, 5) is 10.3. The van der Waals surface area contributed by atoms with E-state index in [1.165, 1.54) is 24.3 Å². The van der Waals surface area contributed by atoms with E-state index in [1.807, 2.05) is 43.4 Å². The van der Waals surface area contributed by atoms with Crippen molar-refractivity contribution in [1.82, 2.24) is 0 Å². The quantitative estimate of drug-likeness (QED) is 0.313. The predicted molar refractivity (Wildman–Crippen MR) is 108 cm³/mol. The number of aliphatic hydroxyl groups excluding tert-OH is 2. The third kappa shape index (κ3) is 18.2. The Hall–Kier alpha value is -2.17. The standard InChI is InChI=1S/C22H32O4/c1-2-3-10-15-20(23)17-12-8-9-13-18-21(24)16-11-6-4-5-7-14-19-22(25)26/h3,5-13,17-18,20-21,23-24H,2,4,14-16,19H2,1H3,(H,25,26)/b7-5-,9-8-,10-3-,11-6-,17-12+,18-13+/t20-,21-/m0/s1/i8T,9T. The van der Waals surface area contributed by atoms with E-state index in [2.05, 4.69) is 0 Å². The smallest absolute Gasteiger partial charge is 0.303 e. The highest BCUT2D eigenvalue weighted by Crippen LogP contribution is 2.00. The average Bonchev–Trinajstić information content (AvgIpc) is 2.66. The first kappa shape index (κ1) is 20.1. The van der Waals surface area contributed by atoms with Crippen LogP contribution in [0.3, 0.4) is 0 Å². The molecule has 2 atom stereocenters. The highest BCUT2D eigenvalue weighted by molar-refractivity contribution is 5.66. The molecule has 0 saturated heterocycles. The van der Waals surface area contributed by atoms with Crippen LogP contribution in [-0.4, -0.2) is 33.5 Å². The summed E-state index contributed by atoms with van der Waals surface area (Å²) in [6.45, 7) is 2.01. The maximum Gasteiger partial charge on any atom is 0.303 e. The lowest BCUT2D eigenvalue weighted by atomic mass is 10.2. The molecule has 0 aliphatic rings. The van der Waals surface area contributed by atoms with Gasteiger partial charge < -0.3 is 15.3 Å². The number of rotatable bonds is 14. The van der Waals surface area contributed by atoms with Crippen LogP contribution in [0.5, 0.6) is 0 Å². The van der Waals surface area contributed by atoms with Gasteiger partial charge in [0.05, 0.1) is 14.9 Å². The number of carboxylic acids is 1. The van der Waals surface area contributed by atoms with Crippen molar-refractivity contribution in [1.29, 1.82) is 0 Å². The van der Waals surface area contributed by atoms with Crippen molar-refractivity contribution in [3.05, 3.63) is 72.9 Å². The fourth-order valence-corrected chi connectivity index (χ4v) is 1.81. The zero-order chi connectivity index (χ0) is 21.2. The van der Waals surface area contributed by atoms with Gasteiger partial charge in [-0.25, -0.2) is 0 Å². The maximum absolute atomic E-state index is 10.3. The van der Waals surface area contributed by atoms with E-state index in [9.17, 15) is 15.0 Å². The van der Waals surface area contributed by atoms with E-state index in [0.29, 0.717) is 25.7 Å². The average molecular weight is 365 g/mol. The van der Waals surface area contributed by atoms with Gasteiger partial charge in [-0.3, -0.25) is 4.79 Å². The number of hydrogen-bond acceptors (Lipinski definition) is 3. The van der Waals surface area contributed by atoms with Crippen molar-refractivity contribution in [2.75, 3.05) is 0 Å². The van der Waals surface area contributed by atoms with Crippen molar-refractivity contribution < 1.29 is 22.9 Å². The van der Waals surface area contributed by atoms with Gasteiger partial charge in [-0.05, 0) is 32.1 Å². The van der Waals surface area contributed by atoms with Gasteiger partial charge in [0.25, 0.3) is 0 Å². The van der Waals surface area contributed by atoms with Crippen LogP contribution >= 0.6 is 0 Å². The lowest BCUT2D eigenvalue weighted by Crippen LogP contribution is -1.98. The fourth-order valence-electron chi connectivity index (χ4n) is 1.81. The minimum atomic E-state index is -0.815. The molecule has 0 aromatic heterocycles.